The second kappa shape index (κ2) is 7.81. The van der Waals surface area contributed by atoms with Gasteiger partial charge in [0, 0.05) is 18.2 Å². The number of amides is 1. The van der Waals surface area contributed by atoms with Crippen LogP contribution in [0.4, 0.5) is 5.69 Å². The van der Waals surface area contributed by atoms with Gasteiger partial charge in [-0.15, -0.1) is 12.4 Å². The molecule has 1 aromatic rings. The molecule has 1 heterocycles. The summed E-state index contributed by atoms with van der Waals surface area (Å²) in [7, 11) is 0. The van der Waals surface area contributed by atoms with E-state index < -0.39 is 0 Å². The molecule has 116 valence electrons. The summed E-state index contributed by atoms with van der Waals surface area (Å²) in [5, 5.41) is 6.57. The average Bonchev–Trinajstić information content (AvgIpc) is 2.99. The van der Waals surface area contributed by atoms with Gasteiger partial charge in [0.1, 0.15) is 0 Å². The molecule has 21 heavy (non-hydrogen) atoms. The molecular formula is C17H25ClN2O. The van der Waals surface area contributed by atoms with Crippen LogP contribution in [0.25, 0.3) is 0 Å². The van der Waals surface area contributed by atoms with Crippen LogP contribution in [0.15, 0.2) is 18.2 Å². The molecular weight excluding hydrogens is 284 g/mol. The number of halogens is 1. The summed E-state index contributed by atoms with van der Waals surface area (Å²) in [6, 6.07) is 6.87. The fourth-order valence-corrected chi connectivity index (χ4v) is 3.42. The number of carbonyl (C=O) groups excluding carboxylic acids is 1. The molecule has 1 atom stereocenters. The maximum atomic E-state index is 12.1. The van der Waals surface area contributed by atoms with Crippen molar-refractivity contribution in [3.8, 4) is 0 Å². The number of nitrogens with one attached hydrogen (secondary N) is 2. The first-order valence-electron chi connectivity index (χ1n) is 7.97. The first-order chi connectivity index (χ1) is 9.83. The van der Waals surface area contributed by atoms with E-state index in [-0.39, 0.29) is 18.3 Å². The number of rotatable bonds is 4. The minimum Gasteiger partial charge on any atom is -0.326 e. The van der Waals surface area contributed by atoms with Gasteiger partial charge in [-0.1, -0.05) is 12.1 Å². The Morgan fingerprint density at radius 3 is 2.90 bits per heavy atom. The van der Waals surface area contributed by atoms with E-state index in [9.17, 15) is 4.79 Å². The number of benzene rings is 1. The summed E-state index contributed by atoms with van der Waals surface area (Å²) in [4.78, 5) is 12.1. The maximum absolute atomic E-state index is 12.1. The molecule has 3 rings (SSSR count). The summed E-state index contributed by atoms with van der Waals surface area (Å²) in [5.74, 6) is 0.165. The van der Waals surface area contributed by atoms with Crippen LogP contribution < -0.4 is 10.6 Å². The lowest BCUT2D eigenvalue weighted by molar-refractivity contribution is -0.116. The number of anilines is 1. The third kappa shape index (κ3) is 4.21. The second-order valence-corrected chi connectivity index (χ2v) is 6.03. The smallest absolute Gasteiger partial charge is 0.224 e. The van der Waals surface area contributed by atoms with Crippen LogP contribution >= 0.6 is 12.4 Å². The Hall–Kier alpha value is -1.06. The largest absolute Gasteiger partial charge is 0.326 e. The highest BCUT2D eigenvalue weighted by atomic mass is 35.5. The van der Waals surface area contributed by atoms with Crippen molar-refractivity contribution < 1.29 is 4.79 Å². The minimum atomic E-state index is 0. The van der Waals surface area contributed by atoms with Crippen molar-refractivity contribution in [3.63, 3.8) is 0 Å². The summed E-state index contributed by atoms with van der Waals surface area (Å²) in [6.45, 7) is 1.11. The number of hydrogen-bond donors (Lipinski definition) is 2. The summed E-state index contributed by atoms with van der Waals surface area (Å²) < 4.78 is 0. The number of carbonyl (C=O) groups is 1. The van der Waals surface area contributed by atoms with E-state index in [4.69, 9.17) is 0 Å². The molecule has 1 amide bonds. The lowest BCUT2D eigenvalue weighted by Gasteiger charge is -2.19. The Kier molecular flexibility index (Phi) is 6.07. The number of aryl methyl sites for hydroxylation is 1. The quantitative estimate of drug-likeness (QED) is 0.894. The Morgan fingerprint density at radius 2 is 2.10 bits per heavy atom. The highest BCUT2D eigenvalue weighted by Crippen LogP contribution is 2.28. The van der Waals surface area contributed by atoms with E-state index in [2.05, 4.69) is 28.8 Å². The van der Waals surface area contributed by atoms with Crippen molar-refractivity contribution in [3.05, 3.63) is 29.3 Å². The van der Waals surface area contributed by atoms with Crippen LogP contribution in [-0.4, -0.2) is 18.5 Å². The first-order valence-corrected chi connectivity index (χ1v) is 7.97. The van der Waals surface area contributed by atoms with Crippen molar-refractivity contribution >= 4 is 24.0 Å². The van der Waals surface area contributed by atoms with E-state index in [1.807, 2.05) is 0 Å². The van der Waals surface area contributed by atoms with Gasteiger partial charge in [0.2, 0.25) is 5.91 Å². The molecule has 0 bridgehead atoms. The van der Waals surface area contributed by atoms with E-state index in [0.29, 0.717) is 12.5 Å². The third-order valence-electron chi connectivity index (χ3n) is 4.55. The van der Waals surface area contributed by atoms with Crippen molar-refractivity contribution in [1.82, 2.24) is 5.32 Å². The molecule has 1 aliphatic heterocycles. The van der Waals surface area contributed by atoms with Crippen LogP contribution in [0.5, 0.6) is 0 Å². The van der Waals surface area contributed by atoms with Crippen LogP contribution in [0.1, 0.15) is 49.7 Å². The van der Waals surface area contributed by atoms with E-state index in [1.165, 1.54) is 36.8 Å². The highest BCUT2D eigenvalue weighted by Gasteiger charge is 2.17. The van der Waals surface area contributed by atoms with Gasteiger partial charge in [0.25, 0.3) is 0 Å². The van der Waals surface area contributed by atoms with E-state index >= 15 is 0 Å². The van der Waals surface area contributed by atoms with Gasteiger partial charge in [0.05, 0.1) is 0 Å². The third-order valence-corrected chi connectivity index (χ3v) is 4.55. The summed E-state index contributed by atoms with van der Waals surface area (Å²) in [5.41, 5.74) is 3.84. The monoisotopic (exact) mass is 308 g/mol. The van der Waals surface area contributed by atoms with E-state index in [0.717, 1.165) is 31.5 Å². The zero-order chi connectivity index (χ0) is 13.8. The summed E-state index contributed by atoms with van der Waals surface area (Å²) >= 11 is 0. The normalized spacial score (nSPS) is 20.5. The maximum Gasteiger partial charge on any atom is 0.224 e. The zero-order valence-corrected chi connectivity index (χ0v) is 13.3. The first kappa shape index (κ1) is 16.3. The fraction of sp³-hybridized carbons (Fsp3) is 0.588. The molecule has 0 radical (unpaired) electrons. The van der Waals surface area contributed by atoms with Crippen molar-refractivity contribution in [2.45, 2.75) is 57.4 Å². The Bertz CT molecular complexity index is 484. The molecule has 2 N–H and O–H groups in total. The number of hydrogen-bond acceptors (Lipinski definition) is 2. The number of fused-ring (bicyclic) bond motifs is 1. The van der Waals surface area contributed by atoms with Gasteiger partial charge in [-0.25, -0.2) is 0 Å². The molecule has 1 aromatic carbocycles. The predicted octanol–water partition coefficient (Wildman–Crippen LogP) is 3.46. The lowest BCUT2D eigenvalue weighted by Crippen LogP contribution is -2.24. The van der Waals surface area contributed by atoms with Gasteiger partial charge in [-0.2, -0.15) is 0 Å². The minimum absolute atomic E-state index is 0. The topological polar surface area (TPSA) is 41.1 Å². The molecule has 0 saturated carbocycles. The molecule has 1 aliphatic carbocycles. The van der Waals surface area contributed by atoms with Crippen molar-refractivity contribution in [1.29, 1.82) is 0 Å². The van der Waals surface area contributed by atoms with Gasteiger partial charge in [0.15, 0.2) is 0 Å². The van der Waals surface area contributed by atoms with Crippen LogP contribution in [-0.2, 0) is 17.6 Å². The fourth-order valence-electron chi connectivity index (χ4n) is 3.42. The Balaban J connectivity index is 0.00000161. The Labute approximate surface area is 133 Å². The van der Waals surface area contributed by atoms with Crippen LogP contribution in [0, 0.1) is 0 Å². The molecule has 1 fully saturated rings. The molecule has 3 nitrogen and oxygen atoms in total. The van der Waals surface area contributed by atoms with Crippen molar-refractivity contribution in [2.24, 2.45) is 0 Å². The van der Waals surface area contributed by atoms with Crippen LogP contribution in [0.3, 0.4) is 0 Å². The lowest BCUT2D eigenvalue weighted by atomic mass is 9.90. The molecule has 0 aromatic heterocycles. The molecule has 1 saturated heterocycles. The second-order valence-electron chi connectivity index (χ2n) is 6.03. The SMILES string of the molecule is Cl.O=C(CCC1CCCN1)Nc1cccc2c1CCCC2. The summed E-state index contributed by atoms with van der Waals surface area (Å²) in [6.07, 6.45) is 8.83. The molecule has 2 aliphatic rings. The van der Waals surface area contributed by atoms with Crippen LogP contribution in [0.2, 0.25) is 0 Å². The van der Waals surface area contributed by atoms with E-state index in [1.54, 1.807) is 0 Å². The standard InChI is InChI=1S/C17H24N2O.ClH/c20-17(11-10-14-7-4-12-18-14)19-16-9-3-6-13-5-1-2-8-15(13)16;/h3,6,9,14,18H,1-2,4-5,7-8,10-12H2,(H,19,20);1H. The Morgan fingerprint density at radius 1 is 1.24 bits per heavy atom. The van der Waals surface area contributed by atoms with Crippen molar-refractivity contribution in [2.75, 3.05) is 11.9 Å². The van der Waals surface area contributed by atoms with Gasteiger partial charge in [-0.05, 0) is 68.7 Å². The average molecular weight is 309 g/mol. The molecule has 0 spiro atoms. The predicted molar refractivity (Wildman–Crippen MR) is 89.2 cm³/mol. The van der Waals surface area contributed by atoms with Gasteiger partial charge in [-0.3, -0.25) is 4.79 Å². The highest BCUT2D eigenvalue weighted by molar-refractivity contribution is 5.91. The zero-order valence-electron chi connectivity index (χ0n) is 12.5. The van der Waals surface area contributed by atoms with Gasteiger partial charge < -0.3 is 10.6 Å². The van der Waals surface area contributed by atoms with Gasteiger partial charge >= 0.3 is 0 Å². The molecule has 4 heteroatoms. The molecule has 1 unspecified atom stereocenters.